The molecule has 8 nitrogen and oxygen atoms in total. The summed E-state index contributed by atoms with van der Waals surface area (Å²) in [6.45, 7) is 8.46. The third kappa shape index (κ3) is 7.89. The number of nitrogens with zero attached hydrogens (tertiary/aromatic N) is 3. The maximum atomic E-state index is 13.5. The number of halogens is 2. The molecule has 0 spiro atoms. The van der Waals surface area contributed by atoms with E-state index >= 15 is 0 Å². The van der Waals surface area contributed by atoms with E-state index in [1.807, 2.05) is 13.8 Å². The number of hydrogen-bond acceptors (Lipinski definition) is 7. The first kappa shape index (κ1) is 28.9. The first-order valence-electron chi connectivity index (χ1n) is 12.4. The summed E-state index contributed by atoms with van der Waals surface area (Å²) in [5.74, 6) is -1.13. The summed E-state index contributed by atoms with van der Waals surface area (Å²) in [5.41, 5.74) is 1.64. The second kappa shape index (κ2) is 14.3. The second-order valence-corrected chi connectivity index (χ2v) is 8.90. The number of amides is 1. The Balaban J connectivity index is 0.000000715. The number of ether oxygens (including phenoxy) is 1. The lowest BCUT2D eigenvalue weighted by Gasteiger charge is -2.15. The molecule has 38 heavy (non-hydrogen) atoms. The number of rotatable bonds is 8. The molecule has 1 aromatic heterocycles. The monoisotopic (exact) mass is 539 g/mol. The van der Waals surface area contributed by atoms with Gasteiger partial charge in [0.2, 0.25) is 5.91 Å². The van der Waals surface area contributed by atoms with E-state index in [4.69, 9.17) is 16.3 Å². The summed E-state index contributed by atoms with van der Waals surface area (Å²) in [5, 5.41) is 26.1. The standard InChI is InChI=1S/C24H23ClFN5O2.C4H8O/c1-3-31(4-2)9-5-6-23(33)30-21-11-17-20(12-22(21)32)28-14-15(13-27)24(17)29-16-7-8-19(26)18(25)10-16;1-2-4-5-3-1/h5-8,10-12,14,32H,3-4,9H2,1-2H3,(H,28,29)(H,30,33);1-4H2/b6-5+;. The number of phenolic OH excluding ortho intramolecular Hbond substituents is 1. The minimum atomic E-state index is -0.564. The molecule has 0 atom stereocenters. The van der Waals surface area contributed by atoms with Crippen molar-refractivity contribution in [1.29, 1.82) is 5.26 Å². The first-order valence-corrected chi connectivity index (χ1v) is 12.8. The van der Waals surface area contributed by atoms with Crippen molar-refractivity contribution in [3.63, 3.8) is 0 Å². The molecule has 2 heterocycles. The summed E-state index contributed by atoms with van der Waals surface area (Å²) < 4.78 is 18.5. The zero-order valence-electron chi connectivity index (χ0n) is 21.4. The predicted octanol–water partition coefficient (Wildman–Crippen LogP) is 5.98. The number of benzene rings is 2. The van der Waals surface area contributed by atoms with Crippen LogP contribution in [-0.4, -0.2) is 53.7 Å². The molecule has 200 valence electrons. The normalized spacial score (nSPS) is 12.8. The van der Waals surface area contributed by atoms with Crippen molar-refractivity contribution in [2.24, 2.45) is 0 Å². The molecule has 4 rings (SSSR count). The average molecular weight is 540 g/mol. The highest BCUT2D eigenvalue weighted by molar-refractivity contribution is 6.31. The molecule has 1 fully saturated rings. The largest absolute Gasteiger partial charge is 0.506 e. The number of aromatic nitrogens is 1. The van der Waals surface area contributed by atoms with Gasteiger partial charge >= 0.3 is 0 Å². The Hall–Kier alpha value is -3.71. The maximum Gasteiger partial charge on any atom is 0.248 e. The minimum absolute atomic E-state index is 0.0704. The Labute approximate surface area is 226 Å². The average Bonchev–Trinajstić information content (AvgIpc) is 3.50. The van der Waals surface area contributed by atoms with Crippen LogP contribution in [0.3, 0.4) is 0 Å². The van der Waals surface area contributed by atoms with Gasteiger partial charge in [-0.25, -0.2) is 4.39 Å². The summed E-state index contributed by atoms with van der Waals surface area (Å²) in [7, 11) is 0. The zero-order chi connectivity index (χ0) is 27.5. The molecule has 3 aromatic rings. The van der Waals surface area contributed by atoms with Crippen molar-refractivity contribution < 1.29 is 19.0 Å². The molecule has 1 amide bonds. The van der Waals surface area contributed by atoms with Gasteiger partial charge in [0.25, 0.3) is 0 Å². The summed E-state index contributed by atoms with van der Waals surface area (Å²) in [4.78, 5) is 18.7. The zero-order valence-corrected chi connectivity index (χ0v) is 22.2. The van der Waals surface area contributed by atoms with Crippen molar-refractivity contribution >= 4 is 45.5 Å². The Morgan fingerprint density at radius 2 is 2.00 bits per heavy atom. The molecule has 0 unspecified atom stereocenters. The lowest BCUT2D eigenvalue weighted by Crippen LogP contribution is -2.23. The van der Waals surface area contributed by atoms with Gasteiger partial charge in [-0.05, 0) is 50.2 Å². The number of nitriles is 1. The molecule has 10 heteroatoms. The maximum absolute atomic E-state index is 13.5. The molecule has 1 aliphatic rings. The fraction of sp³-hybridized carbons (Fsp3) is 0.321. The second-order valence-electron chi connectivity index (χ2n) is 8.50. The molecule has 0 saturated carbocycles. The lowest BCUT2D eigenvalue weighted by atomic mass is 10.1. The molecule has 1 aliphatic heterocycles. The van der Waals surface area contributed by atoms with Gasteiger partial charge in [-0.3, -0.25) is 9.78 Å². The van der Waals surface area contributed by atoms with Crippen molar-refractivity contribution in [2.45, 2.75) is 26.7 Å². The highest BCUT2D eigenvalue weighted by Crippen LogP contribution is 2.35. The lowest BCUT2D eigenvalue weighted by molar-refractivity contribution is -0.111. The van der Waals surface area contributed by atoms with Crippen molar-refractivity contribution in [1.82, 2.24) is 9.88 Å². The molecule has 2 aromatic carbocycles. The van der Waals surface area contributed by atoms with E-state index in [9.17, 15) is 19.6 Å². The van der Waals surface area contributed by atoms with E-state index in [1.165, 1.54) is 55.4 Å². The third-order valence-electron chi connectivity index (χ3n) is 5.91. The number of carbonyl (C=O) groups excluding carboxylic acids is 1. The number of hydrogen-bond donors (Lipinski definition) is 3. The number of pyridine rings is 1. The molecular weight excluding hydrogens is 509 g/mol. The van der Waals surface area contributed by atoms with Crippen LogP contribution in [-0.2, 0) is 9.53 Å². The number of aromatic hydroxyl groups is 1. The number of nitrogens with one attached hydrogen (secondary N) is 2. The topological polar surface area (TPSA) is 111 Å². The highest BCUT2D eigenvalue weighted by atomic mass is 35.5. The van der Waals surface area contributed by atoms with Gasteiger partial charge in [0.05, 0.1) is 27.5 Å². The fourth-order valence-corrected chi connectivity index (χ4v) is 3.92. The number of anilines is 3. The Morgan fingerprint density at radius 3 is 2.61 bits per heavy atom. The van der Waals surface area contributed by atoms with Crippen LogP contribution in [0.15, 0.2) is 48.7 Å². The molecule has 3 N–H and O–H groups in total. The summed E-state index contributed by atoms with van der Waals surface area (Å²) in [6.07, 6.45) is 7.08. The smallest absolute Gasteiger partial charge is 0.248 e. The minimum Gasteiger partial charge on any atom is -0.506 e. The number of phenols is 1. The van der Waals surface area contributed by atoms with Crippen LogP contribution in [0.2, 0.25) is 5.02 Å². The molecular formula is C28H31ClFN5O3. The van der Waals surface area contributed by atoms with E-state index in [0.717, 1.165) is 26.3 Å². The van der Waals surface area contributed by atoms with Crippen molar-refractivity contribution in [3.8, 4) is 11.8 Å². The molecule has 0 bridgehead atoms. The SMILES string of the molecule is C1CCOC1.CCN(CC)C/C=C/C(=O)Nc1cc2c(Nc3ccc(F)c(Cl)c3)c(C#N)cnc2cc1O. The molecule has 0 aliphatic carbocycles. The van der Waals surface area contributed by atoms with E-state index in [1.54, 1.807) is 6.08 Å². The highest BCUT2D eigenvalue weighted by Gasteiger charge is 2.14. The van der Waals surface area contributed by atoms with Crippen LogP contribution < -0.4 is 10.6 Å². The summed E-state index contributed by atoms with van der Waals surface area (Å²) >= 11 is 5.87. The molecule has 1 saturated heterocycles. The van der Waals surface area contributed by atoms with Gasteiger partial charge < -0.3 is 25.4 Å². The number of carbonyl (C=O) groups is 1. The Kier molecular flexibility index (Phi) is 10.8. The van der Waals surface area contributed by atoms with Crippen LogP contribution in [0, 0.1) is 17.1 Å². The van der Waals surface area contributed by atoms with Crippen LogP contribution in [0.5, 0.6) is 5.75 Å². The quantitative estimate of drug-likeness (QED) is 0.238. The first-order chi connectivity index (χ1) is 18.4. The summed E-state index contributed by atoms with van der Waals surface area (Å²) in [6, 6.07) is 9.08. The van der Waals surface area contributed by atoms with Gasteiger partial charge in [-0.15, -0.1) is 0 Å². The molecule has 0 radical (unpaired) electrons. The van der Waals surface area contributed by atoms with Crippen LogP contribution in [0.25, 0.3) is 10.9 Å². The van der Waals surface area contributed by atoms with E-state index in [0.29, 0.717) is 28.8 Å². The van der Waals surface area contributed by atoms with E-state index < -0.39 is 11.7 Å². The third-order valence-corrected chi connectivity index (χ3v) is 6.20. The Bertz CT molecular complexity index is 1330. The van der Waals surface area contributed by atoms with E-state index in [2.05, 4.69) is 26.6 Å². The van der Waals surface area contributed by atoms with Crippen LogP contribution in [0.4, 0.5) is 21.5 Å². The number of likely N-dealkylation sites (N-methyl/N-ethyl adjacent to an activating group) is 1. The predicted molar refractivity (Wildman–Crippen MR) is 148 cm³/mol. The fourth-order valence-electron chi connectivity index (χ4n) is 3.74. The van der Waals surface area contributed by atoms with Gasteiger partial charge in [0.15, 0.2) is 0 Å². The van der Waals surface area contributed by atoms with Crippen molar-refractivity contribution in [2.75, 3.05) is 43.5 Å². The van der Waals surface area contributed by atoms with Crippen molar-refractivity contribution in [3.05, 3.63) is 65.1 Å². The van der Waals surface area contributed by atoms with E-state index in [-0.39, 0.29) is 22.0 Å². The van der Waals surface area contributed by atoms with Gasteiger partial charge in [0.1, 0.15) is 17.6 Å². The van der Waals surface area contributed by atoms with Crippen LogP contribution in [0.1, 0.15) is 32.3 Å². The van der Waals surface area contributed by atoms with Gasteiger partial charge in [-0.1, -0.05) is 31.5 Å². The van der Waals surface area contributed by atoms with Gasteiger partial charge in [-0.2, -0.15) is 5.26 Å². The van der Waals surface area contributed by atoms with Gasteiger partial charge in [0, 0.05) is 49.2 Å². The van der Waals surface area contributed by atoms with Crippen LogP contribution >= 0.6 is 11.6 Å². The number of fused-ring (bicyclic) bond motifs is 1. The Morgan fingerprint density at radius 1 is 1.26 bits per heavy atom.